The van der Waals surface area contributed by atoms with Crippen LogP contribution in [0.25, 0.3) is 10.2 Å². The van der Waals surface area contributed by atoms with Gasteiger partial charge < -0.3 is 9.64 Å². The molecule has 0 aliphatic rings. The number of carbonyl (C=O) groups excluding carboxylic acids is 1. The molecule has 0 saturated heterocycles. The largest absolute Gasteiger partial charge is 0.573 e. The van der Waals surface area contributed by atoms with Crippen molar-refractivity contribution < 1.29 is 22.7 Å². The van der Waals surface area contributed by atoms with Crippen molar-refractivity contribution in [1.82, 2.24) is 19.7 Å². The molecule has 0 spiro atoms. The van der Waals surface area contributed by atoms with Crippen LogP contribution in [0, 0.1) is 0 Å². The maximum Gasteiger partial charge on any atom is 0.573 e. The lowest BCUT2D eigenvalue weighted by Gasteiger charge is -2.21. The van der Waals surface area contributed by atoms with E-state index in [1.807, 2.05) is 25.9 Å². The molecule has 0 aliphatic carbocycles. The Hall–Kier alpha value is -2.37. The quantitative estimate of drug-likeness (QED) is 0.529. The fourth-order valence-corrected chi connectivity index (χ4v) is 3.60. The van der Waals surface area contributed by atoms with Gasteiger partial charge in [-0.3, -0.25) is 14.4 Å². The second-order valence-electron chi connectivity index (χ2n) is 6.49. The van der Waals surface area contributed by atoms with Crippen molar-refractivity contribution in [2.45, 2.75) is 19.8 Å². The number of benzene rings is 1. The monoisotopic (exact) mass is 463 g/mol. The Morgan fingerprint density at radius 2 is 1.97 bits per heavy atom. The number of ether oxygens (including phenoxy) is 1. The number of anilines is 1. The van der Waals surface area contributed by atoms with Crippen LogP contribution in [0.3, 0.4) is 0 Å². The Morgan fingerprint density at radius 1 is 1.23 bits per heavy atom. The Morgan fingerprint density at radius 3 is 2.57 bits per heavy atom. The number of fused-ring (bicyclic) bond motifs is 1. The molecule has 0 atom stereocenters. The first kappa shape index (κ1) is 23.9. The van der Waals surface area contributed by atoms with E-state index in [1.54, 1.807) is 16.9 Å². The Balaban J connectivity index is 0.00000320. The maximum absolute atomic E-state index is 13.0. The van der Waals surface area contributed by atoms with Gasteiger partial charge in [0.1, 0.15) is 5.75 Å². The van der Waals surface area contributed by atoms with E-state index in [2.05, 4.69) is 14.8 Å². The molecule has 7 nitrogen and oxygen atoms in total. The van der Waals surface area contributed by atoms with Crippen molar-refractivity contribution in [2.75, 3.05) is 32.1 Å². The lowest BCUT2D eigenvalue weighted by atomic mass is 10.3. The fourth-order valence-electron chi connectivity index (χ4n) is 2.58. The van der Waals surface area contributed by atoms with E-state index in [0.717, 1.165) is 11.3 Å². The van der Waals surface area contributed by atoms with E-state index >= 15 is 0 Å². The van der Waals surface area contributed by atoms with Crippen molar-refractivity contribution in [3.8, 4) is 5.75 Å². The third kappa shape index (κ3) is 5.83. The van der Waals surface area contributed by atoms with Crippen molar-refractivity contribution in [1.29, 1.82) is 0 Å². The molecule has 3 aromatic rings. The summed E-state index contributed by atoms with van der Waals surface area (Å²) in [6.07, 6.45) is -3.05. The summed E-state index contributed by atoms with van der Waals surface area (Å²) in [7, 11) is 3.77. The van der Waals surface area contributed by atoms with Gasteiger partial charge in [0.15, 0.2) is 10.8 Å². The molecule has 2 heterocycles. The molecule has 0 N–H and O–H groups in total. The zero-order valence-electron chi connectivity index (χ0n) is 16.5. The number of rotatable bonds is 7. The number of aromatic nitrogens is 3. The van der Waals surface area contributed by atoms with Crippen molar-refractivity contribution in [2.24, 2.45) is 0 Å². The number of carbonyl (C=O) groups is 1. The molecular weight excluding hydrogens is 443 g/mol. The van der Waals surface area contributed by atoms with E-state index in [-0.39, 0.29) is 29.8 Å². The molecule has 164 valence electrons. The van der Waals surface area contributed by atoms with Gasteiger partial charge in [0, 0.05) is 31.9 Å². The highest BCUT2D eigenvalue weighted by Gasteiger charge is 2.31. The predicted molar refractivity (Wildman–Crippen MR) is 112 cm³/mol. The first-order chi connectivity index (χ1) is 13.7. The molecule has 0 fully saturated rings. The molecule has 1 aromatic carbocycles. The molecule has 0 unspecified atom stereocenters. The number of likely N-dealkylation sites (N-methyl/N-ethyl adjacent to an activating group) is 1. The molecule has 0 aliphatic heterocycles. The average molecular weight is 464 g/mol. The van der Waals surface area contributed by atoms with Crippen LogP contribution in [0.1, 0.15) is 17.4 Å². The number of hydrogen-bond donors (Lipinski definition) is 0. The summed E-state index contributed by atoms with van der Waals surface area (Å²) in [6.45, 7) is 3.49. The van der Waals surface area contributed by atoms with E-state index in [0.29, 0.717) is 35.0 Å². The summed E-state index contributed by atoms with van der Waals surface area (Å²) >= 11 is 1.13. The number of aryl methyl sites for hydroxylation is 1. The minimum Gasteiger partial charge on any atom is -0.406 e. The molecule has 0 radical (unpaired) electrons. The average Bonchev–Trinajstić information content (AvgIpc) is 3.26. The van der Waals surface area contributed by atoms with Crippen LogP contribution >= 0.6 is 23.7 Å². The van der Waals surface area contributed by atoms with Gasteiger partial charge in [-0.1, -0.05) is 11.3 Å². The standard InChI is InChI=1S/C18H20F3N5O2S.ClH/c1-4-25-8-7-14(23-25)16(27)26(10-9-24(2)3)17-22-13-6-5-12(11-15(13)29-17)28-18(19,20)21;/h5-8,11H,4,9-10H2,1-3H3;1H. The molecular formula is C18H21ClF3N5O2S. The Bertz CT molecular complexity index is 1010. The SMILES string of the molecule is CCn1ccc(C(=O)N(CCN(C)C)c2nc3ccc(OC(F)(F)F)cc3s2)n1.Cl. The van der Waals surface area contributed by atoms with E-state index in [1.165, 1.54) is 23.1 Å². The molecule has 1 amide bonds. The van der Waals surface area contributed by atoms with Crippen molar-refractivity contribution >= 4 is 45.0 Å². The summed E-state index contributed by atoms with van der Waals surface area (Å²) in [5, 5.41) is 4.65. The summed E-state index contributed by atoms with van der Waals surface area (Å²) in [6, 6.07) is 5.55. The maximum atomic E-state index is 13.0. The Kier molecular flexibility index (Phi) is 7.67. The number of alkyl halides is 3. The highest BCUT2D eigenvalue weighted by Crippen LogP contribution is 2.33. The third-order valence-electron chi connectivity index (χ3n) is 4.01. The third-order valence-corrected chi connectivity index (χ3v) is 5.05. The van der Waals surface area contributed by atoms with Crippen LogP contribution in [0.15, 0.2) is 30.5 Å². The number of hydrogen-bond acceptors (Lipinski definition) is 6. The molecule has 3 rings (SSSR count). The van der Waals surface area contributed by atoms with Crippen LogP contribution < -0.4 is 9.64 Å². The summed E-state index contributed by atoms with van der Waals surface area (Å²) in [5.41, 5.74) is 0.771. The highest BCUT2D eigenvalue weighted by atomic mass is 35.5. The molecule has 0 saturated carbocycles. The molecule has 12 heteroatoms. The number of nitrogens with zero attached hydrogens (tertiary/aromatic N) is 5. The molecule has 30 heavy (non-hydrogen) atoms. The van der Waals surface area contributed by atoms with Crippen molar-refractivity contribution in [3.05, 3.63) is 36.2 Å². The van der Waals surface area contributed by atoms with Crippen LogP contribution in [-0.4, -0.2) is 59.1 Å². The van der Waals surface area contributed by atoms with E-state index in [4.69, 9.17) is 0 Å². The first-order valence-electron chi connectivity index (χ1n) is 8.82. The zero-order chi connectivity index (χ0) is 21.2. The fraction of sp³-hybridized carbons (Fsp3) is 0.389. The minimum absolute atomic E-state index is 0. The normalized spacial score (nSPS) is 11.6. The Labute approximate surface area is 181 Å². The van der Waals surface area contributed by atoms with E-state index < -0.39 is 6.36 Å². The van der Waals surface area contributed by atoms with Crippen LogP contribution in [0.4, 0.5) is 18.3 Å². The molecule has 2 aromatic heterocycles. The van der Waals surface area contributed by atoms with Gasteiger partial charge in [0.2, 0.25) is 0 Å². The number of amides is 1. The summed E-state index contributed by atoms with van der Waals surface area (Å²) in [4.78, 5) is 20.9. The van der Waals surface area contributed by atoms with Crippen molar-refractivity contribution in [3.63, 3.8) is 0 Å². The highest BCUT2D eigenvalue weighted by molar-refractivity contribution is 7.22. The zero-order valence-corrected chi connectivity index (χ0v) is 18.1. The lowest BCUT2D eigenvalue weighted by molar-refractivity contribution is -0.274. The smallest absolute Gasteiger partial charge is 0.406 e. The van der Waals surface area contributed by atoms with Gasteiger partial charge in [0.25, 0.3) is 5.91 Å². The number of halogens is 4. The van der Waals surface area contributed by atoms with Gasteiger partial charge in [-0.15, -0.1) is 25.6 Å². The van der Waals surface area contributed by atoms with Crippen LogP contribution in [0.2, 0.25) is 0 Å². The van der Waals surface area contributed by atoms with Crippen LogP contribution in [0.5, 0.6) is 5.75 Å². The van der Waals surface area contributed by atoms with Gasteiger partial charge >= 0.3 is 6.36 Å². The lowest BCUT2D eigenvalue weighted by Crippen LogP contribution is -2.37. The van der Waals surface area contributed by atoms with E-state index in [9.17, 15) is 18.0 Å². The van der Waals surface area contributed by atoms with Gasteiger partial charge in [-0.05, 0) is 39.2 Å². The van der Waals surface area contributed by atoms with Gasteiger partial charge in [-0.25, -0.2) is 4.98 Å². The second kappa shape index (κ2) is 9.63. The summed E-state index contributed by atoms with van der Waals surface area (Å²) in [5.74, 6) is -0.641. The number of thiazole rings is 1. The van der Waals surface area contributed by atoms with Crippen LogP contribution in [-0.2, 0) is 6.54 Å². The minimum atomic E-state index is -4.77. The molecule has 0 bridgehead atoms. The predicted octanol–water partition coefficient (Wildman–Crippen LogP) is 4.04. The van der Waals surface area contributed by atoms with Gasteiger partial charge in [-0.2, -0.15) is 5.10 Å². The van der Waals surface area contributed by atoms with Gasteiger partial charge in [0.05, 0.1) is 10.2 Å². The topological polar surface area (TPSA) is 63.5 Å². The summed E-state index contributed by atoms with van der Waals surface area (Å²) < 4.78 is 43.5. The first-order valence-corrected chi connectivity index (χ1v) is 9.64. The second-order valence-corrected chi connectivity index (χ2v) is 7.50.